The van der Waals surface area contributed by atoms with E-state index in [0.717, 1.165) is 11.3 Å². The van der Waals surface area contributed by atoms with Gasteiger partial charge in [-0.05, 0) is 19.8 Å². The lowest BCUT2D eigenvalue weighted by Gasteiger charge is -2.14. The number of carbonyl (C=O) groups is 1. The summed E-state index contributed by atoms with van der Waals surface area (Å²) in [5, 5.41) is 2.77. The summed E-state index contributed by atoms with van der Waals surface area (Å²) in [6.45, 7) is 8.03. The molecule has 3 heteroatoms. The van der Waals surface area contributed by atoms with Crippen molar-refractivity contribution >= 4 is 17.5 Å². The van der Waals surface area contributed by atoms with Gasteiger partial charge in [0, 0.05) is 5.70 Å². The highest BCUT2D eigenvalue weighted by Gasteiger charge is 2.07. The molecule has 0 saturated heterocycles. The Morgan fingerprint density at radius 3 is 2.17 bits per heavy atom. The van der Waals surface area contributed by atoms with Gasteiger partial charge in [-0.15, -0.1) is 11.6 Å². The summed E-state index contributed by atoms with van der Waals surface area (Å²) in [5.74, 6) is 0.215. The Morgan fingerprint density at radius 1 is 1.42 bits per heavy atom. The van der Waals surface area contributed by atoms with Crippen LogP contribution in [0.4, 0.5) is 0 Å². The smallest absolute Gasteiger partial charge is 0.239 e. The Morgan fingerprint density at radius 2 is 1.92 bits per heavy atom. The number of alkyl halides is 1. The van der Waals surface area contributed by atoms with Gasteiger partial charge in [-0.3, -0.25) is 4.79 Å². The van der Waals surface area contributed by atoms with E-state index >= 15 is 0 Å². The van der Waals surface area contributed by atoms with Crippen molar-refractivity contribution in [3.8, 4) is 0 Å². The highest BCUT2D eigenvalue weighted by molar-refractivity contribution is 6.27. The first-order valence-corrected chi connectivity index (χ1v) is 4.55. The minimum atomic E-state index is -0.137. The third kappa shape index (κ3) is 3.77. The van der Waals surface area contributed by atoms with Crippen LogP contribution in [0.3, 0.4) is 0 Å². The van der Waals surface area contributed by atoms with E-state index in [1.807, 2.05) is 27.7 Å². The predicted molar refractivity (Wildman–Crippen MR) is 52.1 cm³/mol. The number of carbonyl (C=O) groups excluding carboxylic acids is 1. The fraction of sp³-hybridized carbons (Fsp3) is 0.667. The van der Waals surface area contributed by atoms with Crippen LogP contribution in [0.25, 0.3) is 0 Å². The summed E-state index contributed by atoms with van der Waals surface area (Å²) in [4.78, 5) is 11.0. The second kappa shape index (κ2) is 5.20. The topological polar surface area (TPSA) is 29.1 Å². The summed E-state index contributed by atoms with van der Waals surface area (Å²) >= 11 is 5.37. The van der Waals surface area contributed by atoms with Crippen LogP contribution < -0.4 is 5.32 Å². The molecule has 0 aliphatic carbocycles. The van der Waals surface area contributed by atoms with Crippen molar-refractivity contribution in [2.45, 2.75) is 27.7 Å². The van der Waals surface area contributed by atoms with Gasteiger partial charge in [0.15, 0.2) is 0 Å². The van der Waals surface area contributed by atoms with Crippen molar-refractivity contribution in [3.05, 3.63) is 11.3 Å². The monoisotopic (exact) mass is 189 g/mol. The largest absolute Gasteiger partial charge is 0.329 e. The van der Waals surface area contributed by atoms with Crippen LogP contribution >= 0.6 is 11.6 Å². The minimum Gasteiger partial charge on any atom is -0.329 e. The molecule has 0 rings (SSSR count). The minimum absolute atomic E-state index is 0.0174. The molecular formula is C9H16ClNO. The van der Waals surface area contributed by atoms with Crippen LogP contribution in [0.2, 0.25) is 0 Å². The third-order valence-corrected chi connectivity index (χ3v) is 1.75. The summed E-state index contributed by atoms with van der Waals surface area (Å²) < 4.78 is 0. The lowest BCUT2D eigenvalue weighted by atomic mass is 10.1. The molecule has 0 aromatic heterocycles. The van der Waals surface area contributed by atoms with E-state index in [2.05, 4.69) is 5.32 Å². The van der Waals surface area contributed by atoms with Crippen molar-refractivity contribution in [3.63, 3.8) is 0 Å². The van der Waals surface area contributed by atoms with Gasteiger partial charge >= 0.3 is 0 Å². The average molecular weight is 190 g/mol. The summed E-state index contributed by atoms with van der Waals surface area (Å²) in [6.07, 6.45) is 0. The highest BCUT2D eigenvalue weighted by Crippen LogP contribution is 2.10. The number of allylic oxidation sites excluding steroid dienone is 2. The van der Waals surface area contributed by atoms with E-state index in [-0.39, 0.29) is 11.8 Å². The van der Waals surface area contributed by atoms with Crippen LogP contribution in [0.15, 0.2) is 11.3 Å². The molecule has 1 N–H and O–H groups in total. The number of halogens is 1. The van der Waals surface area contributed by atoms with Crippen molar-refractivity contribution in [2.24, 2.45) is 5.92 Å². The molecule has 0 saturated carbocycles. The fourth-order valence-corrected chi connectivity index (χ4v) is 1.10. The SMILES string of the molecule is CC(C)=C(NC(=O)CCl)C(C)C. The van der Waals surface area contributed by atoms with E-state index in [9.17, 15) is 4.79 Å². The van der Waals surface area contributed by atoms with E-state index < -0.39 is 0 Å². The van der Waals surface area contributed by atoms with Gasteiger partial charge < -0.3 is 5.32 Å². The quantitative estimate of drug-likeness (QED) is 0.679. The molecule has 0 aliphatic heterocycles. The highest BCUT2D eigenvalue weighted by atomic mass is 35.5. The molecule has 0 spiro atoms. The Balaban J connectivity index is 4.37. The van der Waals surface area contributed by atoms with Crippen LogP contribution in [0, 0.1) is 5.92 Å². The maximum atomic E-state index is 11.0. The van der Waals surface area contributed by atoms with Crippen LogP contribution in [-0.2, 0) is 4.79 Å². The van der Waals surface area contributed by atoms with Gasteiger partial charge in [0.25, 0.3) is 0 Å². The zero-order valence-electron chi connectivity index (χ0n) is 8.07. The van der Waals surface area contributed by atoms with Crippen molar-refractivity contribution in [1.82, 2.24) is 5.32 Å². The Kier molecular flexibility index (Phi) is 4.98. The lowest BCUT2D eigenvalue weighted by Crippen LogP contribution is -2.27. The molecular weight excluding hydrogens is 174 g/mol. The molecule has 0 aromatic carbocycles. The second-order valence-electron chi connectivity index (χ2n) is 3.25. The maximum absolute atomic E-state index is 11.0. The molecule has 0 aliphatic rings. The fourth-order valence-electron chi connectivity index (χ4n) is 1.03. The van der Waals surface area contributed by atoms with Gasteiger partial charge in [-0.25, -0.2) is 0 Å². The Bertz CT molecular complexity index is 193. The first-order chi connectivity index (χ1) is 5.49. The molecule has 2 nitrogen and oxygen atoms in total. The Labute approximate surface area is 79.0 Å². The number of hydrogen-bond donors (Lipinski definition) is 1. The standard InChI is InChI=1S/C9H16ClNO/c1-6(2)9(7(3)4)11-8(12)5-10/h6H,5H2,1-4H3,(H,11,12). The molecule has 12 heavy (non-hydrogen) atoms. The maximum Gasteiger partial charge on any atom is 0.239 e. The van der Waals surface area contributed by atoms with Gasteiger partial charge in [-0.2, -0.15) is 0 Å². The van der Waals surface area contributed by atoms with Gasteiger partial charge in [0.2, 0.25) is 5.91 Å². The molecule has 0 radical (unpaired) electrons. The van der Waals surface area contributed by atoms with E-state index in [0.29, 0.717) is 5.92 Å². The molecule has 0 bridgehead atoms. The molecule has 0 atom stereocenters. The summed E-state index contributed by atoms with van der Waals surface area (Å²) in [6, 6.07) is 0. The number of amides is 1. The summed E-state index contributed by atoms with van der Waals surface area (Å²) in [7, 11) is 0. The zero-order chi connectivity index (χ0) is 9.72. The molecule has 0 unspecified atom stereocenters. The van der Waals surface area contributed by atoms with Crippen molar-refractivity contribution in [2.75, 3.05) is 5.88 Å². The molecule has 0 fully saturated rings. The van der Waals surface area contributed by atoms with Gasteiger partial charge in [0.1, 0.15) is 5.88 Å². The van der Waals surface area contributed by atoms with Crippen LogP contribution in [0.5, 0.6) is 0 Å². The Hall–Kier alpha value is -0.500. The molecule has 0 aromatic rings. The first kappa shape index (κ1) is 11.5. The number of hydrogen-bond acceptors (Lipinski definition) is 1. The normalized spacial score (nSPS) is 9.83. The van der Waals surface area contributed by atoms with E-state index in [1.54, 1.807) is 0 Å². The van der Waals surface area contributed by atoms with Crippen LogP contribution in [0.1, 0.15) is 27.7 Å². The third-order valence-electron chi connectivity index (χ3n) is 1.51. The lowest BCUT2D eigenvalue weighted by molar-refractivity contribution is -0.118. The zero-order valence-corrected chi connectivity index (χ0v) is 8.83. The molecule has 70 valence electrons. The molecule has 0 heterocycles. The van der Waals surface area contributed by atoms with Crippen molar-refractivity contribution < 1.29 is 4.79 Å². The number of rotatable bonds is 3. The first-order valence-electron chi connectivity index (χ1n) is 4.02. The van der Waals surface area contributed by atoms with E-state index in [1.165, 1.54) is 0 Å². The average Bonchev–Trinajstić information content (AvgIpc) is 1.98. The molecule has 1 amide bonds. The van der Waals surface area contributed by atoms with Crippen LogP contribution in [-0.4, -0.2) is 11.8 Å². The van der Waals surface area contributed by atoms with Gasteiger partial charge in [0.05, 0.1) is 0 Å². The number of nitrogens with one attached hydrogen (secondary N) is 1. The van der Waals surface area contributed by atoms with E-state index in [4.69, 9.17) is 11.6 Å². The van der Waals surface area contributed by atoms with Gasteiger partial charge in [-0.1, -0.05) is 19.4 Å². The predicted octanol–water partition coefficient (Wildman–Crippen LogP) is 2.29. The van der Waals surface area contributed by atoms with Crippen molar-refractivity contribution in [1.29, 1.82) is 0 Å². The second-order valence-corrected chi connectivity index (χ2v) is 3.52. The summed E-state index contributed by atoms with van der Waals surface area (Å²) in [5.41, 5.74) is 2.10.